The van der Waals surface area contributed by atoms with Crippen LogP contribution in [0.25, 0.3) is 0 Å². The first-order valence-corrected chi connectivity index (χ1v) is 6.72. The van der Waals surface area contributed by atoms with Crippen molar-refractivity contribution in [1.29, 1.82) is 0 Å². The third-order valence-corrected chi connectivity index (χ3v) is 3.95. The molecule has 0 amide bonds. The fourth-order valence-corrected chi connectivity index (χ4v) is 1.96. The number of benzene rings is 1. The lowest BCUT2D eigenvalue weighted by Gasteiger charge is -2.26. The van der Waals surface area contributed by atoms with Gasteiger partial charge in [-0.1, -0.05) is 19.9 Å². The number of hydrogen-bond donors (Lipinski definition) is 1. The van der Waals surface area contributed by atoms with Gasteiger partial charge in [-0.3, -0.25) is 0 Å². The molecule has 0 aliphatic carbocycles. The van der Waals surface area contributed by atoms with Gasteiger partial charge in [0, 0.05) is 5.69 Å². The van der Waals surface area contributed by atoms with Gasteiger partial charge in [0.15, 0.2) is 0 Å². The van der Waals surface area contributed by atoms with Gasteiger partial charge in [0.1, 0.15) is 16.9 Å². The second kappa shape index (κ2) is 4.39. The van der Waals surface area contributed by atoms with Gasteiger partial charge in [-0.25, -0.2) is 9.68 Å². The van der Waals surface area contributed by atoms with E-state index in [-0.39, 0.29) is 0 Å². The summed E-state index contributed by atoms with van der Waals surface area (Å²) in [6, 6.07) is 5.83. The minimum Gasteiger partial charge on any atom is -0.399 e. The van der Waals surface area contributed by atoms with Crippen LogP contribution in [-0.4, -0.2) is 11.2 Å². The molecule has 1 aromatic rings. The van der Waals surface area contributed by atoms with Gasteiger partial charge in [-0.2, -0.15) is 0 Å². The van der Waals surface area contributed by atoms with Crippen LogP contribution in [0.4, 0.5) is 11.4 Å². The maximum atomic E-state index is 5.95. The van der Waals surface area contributed by atoms with E-state index in [1.165, 1.54) is 5.23 Å². The van der Waals surface area contributed by atoms with Gasteiger partial charge in [0.05, 0.1) is 0 Å². The lowest BCUT2D eigenvalue weighted by molar-refractivity contribution is -0.0277. The van der Waals surface area contributed by atoms with Crippen molar-refractivity contribution in [1.82, 2.24) is 0 Å². The van der Waals surface area contributed by atoms with Crippen LogP contribution in [0.1, 0.15) is 53.0 Å². The minimum atomic E-state index is -0.397. The van der Waals surface area contributed by atoms with E-state index in [1.54, 1.807) is 0 Å². The molecule has 1 fully saturated rings. The van der Waals surface area contributed by atoms with Crippen LogP contribution in [0.5, 0.6) is 0 Å². The average Bonchev–Trinajstić information content (AvgIpc) is 2.47. The Bertz CT molecular complexity index is 465. The Balaban J connectivity index is 2.41. The second-order valence-electron chi connectivity index (χ2n) is 6.43. The lowest BCUT2D eigenvalue weighted by Crippen LogP contribution is -2.41. The van der Waals surface area contributed by atoms with E-state index in [4.69, 9.17) is 15.4 Å². The van der Waals surface area contributed by atoms with Crippen molar-refractivity contribution in [2.24, 2.45) is 0 Å². The summed E-state index contributed by atoms with van der Waals surface area (Å²) in [5, 5.41) is 1.52. The fourth-order valence-electron chi connectivity index (χ4n) is 1.96. The Morgan fingerprint density at radius 1 is 1.05 bits per heavy atom. The van der Waals surface area contributed by atoms with Crippen LogP contribution in [0.15, 0.2) is 18.2 Å². The maximum Gasteiger partial charge on any atom is 0.124 e. The van der Waals surface area contributed by atoms with E-state index in [0.29, 0.717) is 11.6 Å². The maximum absolute atomic E-state index is 5.95. The highest BCUT2D eigenvalue weighted by molar-refractivity contribution is 5.60. The summed E-state index contributed by atoms with van der Waals surface area (Å²) in [5.41, 5.74) is 7.84. The van der Waals surface area contributed by atoms with Crippen molar-refractivity contribution in [2.75, 3.05) is 11.0 Å². The highest BCUT2D eigenvalue weighted by Gasteiger charge is 2.50. The fraction of sp³-hybridized carbons (Fsp3) is 0.600. The number of nitrogen functional groups attached to an aromatic ring is 1. The van der Waals surface area contributed by atoms with Gasteiger partial charge in [-0.15, -0.1) is 5.23 Å². The van der Waals surface area contributed by atoms with Crippen LogP contribution in [0.3, 0.4) is 0 Å². The standard InChI is InChI=1S/C15H24N2O2/c1-10(2)12-8-7-11(16)9-13(12)17-18-14(3,4)15(5,6)19-17/h7-10H,16H2,1-6H3. The predicted molar refractivity (Wildman–Crippen MR) is 77.8 cm³/mol. The van der Waals surface area contributed by atoms with Crippen LogP contribution in [0.2, 0.25) is 0 Å². The molecule has 0 saturated carbocycles. The summed E-state index contributed by atoms with van der Waals surface area (Å²) in [4.78, 5) is 11.9. The van der Waals surface area contributed by atoms with Gasteiger partial charge in [0.25, 0.3) is 0 Å². The zero-order chi connectivity index (χ0) is 14.4. The first kappa shape index (κ1) is 14.2. The number of rotatable bonds is 2. The third kappa shape index (κ3) is 2.42. The van der Waals surface area contributed by atoms with E-state index < -0.39 is 11.2 Å². The summed E-state index contributed by atoms with van der Waals surface area (Å²) in [7, 11) is 0. The first-order chi connectivity index (χ1) is 8.64. The van der Waals surface area contributed by atoms with Gasteiger partial charge in [-0.05, 0) is 51.3 Å². The highest BCUT2D eigenvalue weighted by Crippen LogP contribution is 2.42. The molecule has 106 valence electrons. The van der Waals surface area contributed by atoms with E-state index in [9.17, 15) is 0 Å². The molecular formula is C15H24N2O2. The first-order valence-electron chi connectivity index (χ1n) is 6.72. The third-order valence-electron chi connectivity index (χ3n) is 3.95. The van der Waals surface area contributed by atoms with Crippen LogP contribution < -0.4 is 11.0 Å². The SMILES string of the molecule is CC(C)c1ccc(N)cc1N1OC(C)(C)C(C)(C)O1. The highest BCUT2D eigenvalue weighted by atomic mass is 17.0. The molecule has 0 unspecified atom stereocenters. The van der Waals surface area contributed by atoms with Crippen molar-refractivity contribution >= 4 is 11.4 Å². The summed E-state index contributed by atoms with van der Waals surface area (Å²) in [6.07, 6.45) is 0. The quantitative estimate of drug-likeness (QED) is 0.829. The molecule has 0 radical (unpaired) electrons. The van der Waals surface area contributed by atoms with Crippen molar-refractivity contribution in [3.63, 3.8) is 0 Å². The number of anilines is 2. The van der Waals surface area contributed by atoms with Crippen LogP contribution in [0, 0.1) is 0 Å². The number of nitrogens with two attached hydrogens (primary N) is 1. The molecule has 2 N–H and O–H groups in total. The molecule has 1 aliphatic rings. The van der Waals surface area contributed by atoms with Crippen LogP contribution >= 0.6 is 0 Å². The molecule has 19 heavy (non-hydrogen) atoms. The molecule has 0 atom stereocenters. The Morgan fingerprint density at radius 3 is 2.05 bits per heavy atom. The Hall–Kier alpha value is -1.26. The van der Waals surface area contributed by atoms with E-state index in [1.807, 2.05) is 45.9 Å². The smallest absolute Gasteiger partial charge is 0.124 e. The Kier molecular flexibility index (Phi) is 3.27. The molecule has 4 heteroatoms. The largest absolute Gasteiger partial charge is 0.399 e. The second-order valence-corrected chi connectivity index (χ2v) is 6.43. The topological polar surface area (TPSA) is 47.7 Å². The number of nitrogens with zero attached hydrogens (tertiary/aromatic N) is 1. The predicted octanol–water partition coefficient (Wildman–Crippen LogP) is 3.63. The molecule has 2 rings (SSSR count). The van der Waals surface area contributed by atoms with Gasteiger partial charge in [0.2, 0.25) is 0 Å². The summed E-state index contributed by atoms with van der Waals surface area (Å²) in [6.45, 7) is 12.4. The van der Waals surface area contributed by atoms with Gasteiger partial charge >= 0.3 is 0 Å². The monoisotopic (exact) mass is 264 g/mol. The Morgan fingerprint density at radius 2 is 1.58 bits per heavy atom. The molecule has 4 nitrogen and oxygen atoms in total. The average molecular weight is 264 g/mol. The number of hydrogen-bond acceptors (Lipinski definition) is 4. The van der Waals surface area contributed by atoms with E-state index in [0.717, 1.165) is 11.3 Å². The Labute approximate surface area is 115 Å². The van der Waals surface area contributed by atoms with Gasteiger partial charge < -0.3 is 5.73 Å². The summed E-state index contributed by atoms with van der Waals surface area (Å²) >= 11 is 0. The van der Waals surface area contributed by atoms with Crippen molar-refractivity contribution in [2.45, 2.75) is 58.7 Å². The summed E-state index contributed by atoms with van der Waals surface area (Å²) < 4.78 is 0. The molecule has 1 aliphatic heterocycles. The van der Waals surface area contributed by atoms with E-state index in [2.05, 4.69) is 13.8 Å². The molecule has 0 spiro atoms. The molecular weight excluding hydrogens is 240 g/mol. The van der Waals surface area contributed by atoms with E-state index >= 15 is 0 Å². The zero-order valence-corrected chi connectivity index (χ0v) is 12.7. The molecule has 1 saturated heterocycles. The molecule has 0 bridgehead atoms. The van der Waals surface area contributed by atoms with Crippen LogP contribution in [-0.2, 0) is 9.68 Å². The normalized spacial score (nSPS) is 21.1. The molecule has 1 aromatic carbocycles. The lowest BCUT2D eigenvalue weighted by atomic mass is 9.90. The zero-order valence-electron chi connectivity index (χ0n) is 12.7. The molecule has 1 heterocycles. The van der Waals surface area contributed by atoms with Crippen molar-refractivity contribution in [3.05, 3.63) is 23.8 Å². The minimum absolute atomic E-state index is 0.370. The summed E-state index contributed by atoms with van der Waals surface area (Å²) in [5.74, 6) is 0.370. The van der Waals surface area contributed by atoms with Crippen molar-refractivity contribution in [3.8, 4) is 0 Å². The molecule has 0 aromatic heterocycles. The van der Waals surface area contributed by atoms with Crippen molar-refractivity contribution < 1.29 is 9.68 Å².